The summed E-state index contributed by atoms with van der Waals surface area (Å²) in [7, 11) is 3.34. The largest absolute Gasteiger partial charge is 0.465 e. The van der Waals surface area contributed by atoms with Crippen LogP contribution in [0.25, 0.3) is 0 Å². The number of carbonyl (C=O) groups excluding carboxylic acids is 2. The van der Waals surface area contributed by atoms with Gasteiger partial charge in [-0.05, 0) is 45.9 Å². The van der Waals surface area contributed by atoms with Crippen molar-refractivity contribution >= 4 is 11.9 Å². The number of esters is 1. The maximum atomic E-state index is 12.5. The Hall–Kier alpha value is -1.95. The molecule has 1 amide bonds. The van der Waals surface area contributed by atoms with Crippen molar-refractivity contribution in [1.29, 1.82) is 0 Å². The molecule has 0 saturated carbocycles. The fourth-order valence-electron chi connectivity index (χ4n) is 2.80. The number of methoxy groups -OCH3 is 1. The molecule has 2 heterocycles. The fraction of sp³-hybridized carbons (Fsp3) is 0.611. The summed E-state index contributed by atoms with van der Waals surface area (Å²) in [6.07, 6.45) is 1.43. The predicted molar refractivity (Wildman–Crippen MR) is 92.1 cm³/mol. The number of hydrogen-bond donors (Lipinski definition) is 0. The number of pyridine rings is 1. The number of fused-ring (bicyclic) bond motifs is 1. The molecule has 0 atom stereocenters. The number of rotatable bonds is 4. The molecular weight excluding hydrogens is 306 g/mol. The third-order valence-electron chi connectivity index (χ3n) is 4.68. The number of aryl methyl sites for hydroxylation is 1. The first-order chi connectivity index (χ1) is 11.3. The van der Waals surface area contributed by atoms with E-state index in [0.29, 0.717) is 43.4 Å². The van der Waals surface area contributed by atoms with Crippen molar-refractivity contribution in [3.8, 4) is 0 Å². The van der Waals surface area contributed by atoms with Crippen molar-refractivity contribution in [1.82, 2.24) is 14.8 Å². The van der Waals surface area contributed by atoms with E-state index < -0.39 is 0 Å². The molecule has 24 heavy (non-hydrogen) atoms. The average Bonchev–Trinajstić information content (AvgIpc) is 2.75. The number of hydrogen-bond acceptors (Lipinski definition) is 5. The lowest BCUT2D eigenvalue weighted by Gasteiger charge is -2.26. The first-order valence-corrected chi connectivity index (χ1v) is 8.39. The van der Waals surface area contributed by atoms with E-state index in [-0.39, 0.29) is 11.9 Å². The Morgan fingerprint density at radius 1 is 1.33 bits per heavy atom. The van der Waals surface area contributed by atoms with Crippen molar-refractivity contribution in [3.63, 3.8) is 0 Å². The minimum Gasteiger partial charge on any atom is -0.465 e. The van der Waals surface area contributed by atoms with Gasteiger partial charge in [-0.2, -0.15) is 0 Å². The van der Waals surface area contributed by atoms with Crippen LogP contribution in [0.15, 0.2) is 6.07 Å². The molecule has 1 aromatic heterocycles. The molecule has 0 aliphatic carbocycles. The van der Waals surface area contributed by atoms with Crippen LogP contribution in [0.1, 0.15) is 41.2 Å². The van der Waals surface area contributed by atoms with Crippen LogP contribution in [0, 0.1) is 6.92 Å². The fourth-order valence-corrected chi connectivity index (χ4v) is 2.80. The zero-order valence-corrected chi connectivity index (χ0v) is 15.3. The summed E-state index contributed by atoms with van der Waals surface area (Å²) in [5.41, 5.74) is 3.21. The second kappa shape index (κ2) is 7.75. The molecular formula is C18H27N3O3. The minimum atomic E-state index is -0.362. The van der Waals surface area contributed by atoms with Crippen molar-refractivity contribution < 1.29 is 14.3 Å². The van der Waals surface area contributed by atoms with Crippen molar-refractivity contribution in [3.05, 3.63) is 28.6 Å². The normalized spacial score (nSPS) is 14.5. The van der Waals surface area contributed by atoms with E-state index in [1.54, 1.807) is 0 Å². The standard InChI is InChI=1S/C18H27N3O3/c1-12(2)20(4)11-17(22)21-8-6-14-10-15(18(23)24-5)13(3)19-16(14)7-9-21/h10,12H,6-9,11H2,1-5H3. The monoisotopic (exact) mass is 333 g/mol. The van der Waals surface area contributed by atoms with Crippen LogP contribution < -0.4 is 0 Å². The van der Waals surface area contributed by atoms with E-state index in [9.17, 15) is 9.59 Å². The van der Waals surface area contributed by atoms with E-state index in [1.165, 1.54) is 7.11 Å². The molecule has 0 radical (unpaired) electrons. The summed E-state index contributed by atoms with van der Waals surface area (Å²) >= 11 is 0. The maximum Gasteiger partial charge on any atom is 0.339 e. The Balaban J connectivity index is 2.12. The number of likely N-dealkylation sites (N-methyl/N-ethyl adjacent to an activating group) is 1. The van der Waals surface area contributed by atoms with Crippen molar-refractivity contribution in [2.45, 2.75) is 39.7 Å². The van der Waals surface area contributed by atoms with Gasteiger partial charge in [0.1, 0.15) is 0 Å². The summed E-state index contributed by atoms with van der Waals surface area (Å²) in [4.78, 5) is 32.8. The molecule has 0 fully saturated rings. The van der Waals surface area contributed by atoms with Gasteiger partial charge in [-0.3, -0.25) is 14.7 Å². The van der Waals surface area contributed by atoms with Crippen LogP contribution in [-0.2, 0) is 22.4 Å². The SMILES string of the molecule is COC(=O)c1cc2c(nc1C)CCN(C(=O)CN(C)C(C)C)CC2. The summed E-state index contributed by atoms with van der Waals surface area (Å²) in [6.45, 7) is 7.72. The highest BCUT2D eigenvalue weighted by Gasteiger charge is 2.23. The van der Waals surface area contributed by atoms with Crippen LogP contribution in [0.3, 0.4) is 0 Å². The topological polar surface area (TPSA) is 62.7 Å². The number of nitrogens with zero attached hydrogens (tertiary/aromatic N) is 3. The smallest absolute Gasteiger partial charge is 0.339 e. The molecule has 2 rings (SSSR count). The molecule has 6 nitrogen and oxygen atoms in total. The van der Waals surface area contributed by atoms with Crippen LogP contribution in [0.4, 0.5) is 0 Å². The van der Waals surface area contributed by atoms with E-state index >= 15 is 0 Å². The molecule has 0 aromatic carbocycles. The molecule has 132 valence electrons. The maximum absolute atomic E-state index is 12.5. The number of amides is 1. The molecule has 1 aliphatic heterocycles. The van der Waals surface area contributed by atoms with E-state index in [4.69, 9.17) is 4.74 Å². The lowest BCUT2D eigenvalue weighted by atomic mass is 10.0. The lowest BCUT2D eigenvalue weighted by Crippen LogP contribution is -2.42. The quantitative estimate of drug-likeness (QED) is 0.780. The number of ether oxygens (including phenoxy) is 1. The Morgan fingerprint density at radius 2 is 2.00 bits per heavy atom. The first kappa shape index (κ1) is 18.4. The second-order valence-corrected chi connectivity index (χ2v) is 6.61. The predicted octanol–water partition coefficient (Wildman–Crippen LogP) is 1.44. The van der Waals surface area contributed by atoms with Gasteiger partial charge in [0.2, 0.25) is 5.91 Å². The molecule has 6 heteroatoms. The van der Waals surface area contributed by atoms with Crippen LogP contribution in [-0.4, -0.2) is 66.5 Å². The van der Waals surface area contributed by atoms with E-state index in [1.807, 2.05) is 29.8 Å². The molecule has 0 bridgehead atoms. The Bertz CT molecular complexity index is 628. The van der Waals surface area contributed by atoms with Gasteiger partial charge in [-0.15, -0.1) is 0 Å². The highest BCUT2D eigenvalue weighted by molar-refractivity contribution is 5.90. The minimum absolute atomic E-state index is 0.143. The molecule has 0 spiro atoms. The summed E-state index contributed by atoms with van der Waals surface area (Å²) < 4.78 is 4.82. The summed E-state index contributed by atoms with van der Waals surface area (Å²) in [6, 6.07) is 2.21. The zero-order chi connectivity index (χ0) is 17.9. The highest BCUT2D eigenvalue weighted by atomic mass is 16.5. The molecule has 0 N–H and O–H groups in total. The van der Waals surface area contributed by atoms with Gasteiger partial charge in [0.25, 0.3) is 0 Å². The van der Waals surface area contributed by atoms with E-state index in [2.05, 4.69) is 18.8 Å². The van der Waals surface area contributed by atoms with Crippen molar-refractivity contribution in [2.75, 3.05) is 33.8 Å². The Morgan fingerprint density at radius 3 is 2.62 bits per heavy atom. The van der Waals surface area contributed by atoms with Gasteiger partial charge in [-0.1, -0.05) is 0 Å². The van der Waals surface area contributed by atoms with Gasteiger partial charge in [-0.25, -0.2) is 4.79 Å². The Kier molecular flexibility index (Phi) is 5.94. The third-order valence-corrected chi connectivity index (χ3v) is 4.68. The van der Waals surface area contributed by atoms with Gasteiger partial charge < -0.3 is 9.64 Å². The van der Waals surface area contributed by atoms with Crippen molar-refractivity contribution in [2.24, 2.45) is 0 Å². The van der Waals surface area contributed by atoms with Gasteiger partial charge >= 0.3 is 5.97 Å². The number of carbonyl (C=O) groups is 2. The van der Waals surface area contributed by atoms with E-state index in [0.717, 1.165) is 17.7 Å². The third kappa shape index (κ3) is 4.12. The Labute approximate surface area is 143 Å². The molecule has 1 aliphatic rings. The van der Waals surface area contributed by atoms with Crippen LogP contribution >= 0.6 is 0 Å². The van der Waals surface area contributed by atoms with Crippen LogP contribution in [0.2, 0.25) is 0 Å². The first-order valence-electron chi connectivity index (χ1n) is 8.39. The van der Waals surface area contributed by atoms with Gasteiger partial charge in [0.05, 0.1) is 24.9 Å². The summed E-state index contributed by atoms with van der Waals surface area (Å²) in [5.74, 6) is -0.220. The average molecular weight is 333 g/mol. The second-order valence-electron chi connectivity index (χ2n) is 6.61. The van der Waals surface area contributed by atoms with Crippen LogP contribution in [0.5, 0.6) is 0 Å². The van der Waals surface area contributed by atoms with Gasteiger partial charge in [0, 0.05) is 31.2 Å². The molecule has 0 unspecified atom stereocenters. The zero-order valence-electron chi connectivity index (χ0n) is 15.3. The van der Waals surface area contributed by atoms with Gasteiger partial charge in [0.15, 0.2) is 0 Å². The number of aromatic nitrogens is 1. The molecule has 0 saturated heterocycles. The molecule has 1 aromatic rings. The highest BCUT2D eigenvalue weighted by Crippen LogP contribution is 2.19. The summed E-state index contributed by atoms with van der Waals surface area (Å²) in [5, 5.41) is 0. The lowest BCUT2D eigenvalue weighted by molar-refractivity contribution is -0.132.